The summed E-state index contributed by atoms with van der Waals surface area (Å²) < 4.78 is 6.31. The first-order chi connectivity index (χ1) is 10.2. The Morgan fingerprint density at radius 1 is 1.19 bits per heavy atom. The number of halogens is 1. The molecule has 0 bridgehead atoms. The lowest BCUT2D eigenvalue weighted by Crippen LogP contribution is -2.05. The van der Waals surface area contributed by atoms with Crippen LogP contribution in [0.2, 0.25) is 0 Å². The molecule has 0 amide bonds. The molecule has 0 radical (unpaired) electrons. The summed E-state index contributed by atoms with van der Waals surface area (Å²) in [5.74, 6) is 2.34. The summed E-state index contributed by atoms with van der Waals surface area (Å²) in [6, 6.07) is 7.78. The molecule has 2 N–H and O–H groups in total. The summed E-state index contributed by atoms with van der Waals surface area (Å²) in [6.45, 7) is 5.59. The van der Waals surface area contributed by atoms with Crippen molar-refractivity contribution in [3.05, 3.63) is 35.1 Å². The van der Waals surface area contributed by atoms with Crippen LogP contribution in [-0.2, 0) is 0 Å². The topological polar surface area (TPSA) is 59.1 Å². The van der Waals surface area contributed by atoms with Crippen molar-refractivity contribution in [3.8, 4) is 5.75 Å². The number of ether oxygens (including phenoxy) is 1. The van der Waals surface area contributed by atoms with Crippen LogP contribution in [0.3, 0.4) is 0 Å². The van der Waals surface area contributed by atoms with Gasteiger partial charge in [-0.3, -0.25) is 0 Å². The molecule has 0 aliphatic carbocycles. The van der Waals surface area contributed by atoms with E-state index >= 15 is 0 Å². The summed E-state index contributed by atoms with van der Waals surface area (Å²) in [6.07, 6.45) is 2.58. The maximum absolute atomic E-state index is 5.49. The van der Waals surface area contributed by atoms with E-state index in [-0.39, 0.29) is 0 Å². The molecule has 2 aromatic rings. The van der Waals surface area contributed by atoms with Gasteiger partial charge in [0.25, 0.3) is 0 Å². The van der Waals surface area contributed by atoms with Gasteiger partial charge in [-0.25, -0.2) is 9.97 Å². The normalized spacial score (nSPS) is 10.2. The number of hydrogen-bond donors (Lipinski definition) is 2. The molecule has 0 atom stereocenters. The van der Waals surface area contributed by atoms with E-state index in [1.807, 2.05) is 31.2 Å². The number of aromatic nitrogens is 2. The van der Waals surface area contributed by atoms with Crippen LogP contribution < -0.4 is 15.4 Å². The monoisotopic (exact) mass is 350 g/mol. The third kappa shape index (κ3) is 4.32. The van der Waals surface area contributed by atoms with E-state index in [0.29, 0.717) is 6.61 Å². The molecular weight excluding hydrogens is 332 g/mol. The van der Waals surface area contributed by atoms with E-state index in [2.05, 4.69) is 43.5 Å². The minimum atomic E-state index is 0.645. The second-order valence-electron chi connectivity index (χ2n) is 4.40. The summed E-state index contributed by atoms with van der Waals surface area (Å²) >= 11 is 3.54. The zero-order chi connectivity index (χ0) is 15.1. The molecular formula is C15H19BrN4O. The summed E-state index contributed by atoms with van der Waals surface area (Å²) in [7, 11) is 0. The van der Waals surface area contributed by atoms with Crippen molar-refractivity contribution in [1.29, 1.82) is 0 Å². The highest BCUT2D eigenvalue weighted by Crippen LogP contribution is 2.29. The Hall–Kier alpha value is -1.82. The van der Waals surface area contributed by atoms with E-state index in [1.165, 1.54) is 6.33 Å². The Kier molecular flexibility index (Phi) is 5.80. The Labute approximate surface area is 133 Å². The number of hydrogen-bond acceptors (Lipinski definition) is 5. The van der Waals surface area contributed by atoms with E-state index in [4.69, 9.17) is 4.74 Å². The van der Waals surface area contributed by atoms with Gasteiger partial charge in [0.15, 0.2) is 0 Å². The van der Waals surface area contributed by atoms with E-state index < -0.39 is 0 Å². The molecule has 6 heteroatoms. The molecule has 1 aromatic carbocycles. The van der Waals surface area contributed by atoms with Crippen LogP contribution in [0.4, 0.5) is 17.3 Å². The van der Waals surface area contributed by atoms with Crippen LogP contribution in [0.1, 0.15) is 20.3 Å². The average Bonchev–Trinajstić information content (AvgIpc) is 2.49. The van der Waals surface area contributed by atoms with E-state index in [0.717, 1.165) is 40.5 Å². The Bertz CT molecular complexity index is 592. The smallest absolute Gasteiger partial charge is 0.150 e. The third-order valence-electron chi connectivity index (χ3n) is 2.74. The number of anilines is 3. The second-order valence-corrected chi connectivity index (χ2v) is 5.19. The lowest BCUT2D eigenvalue weighted by Gasteiger charge is -2.12. The molecule has 21 heavy (non-hydrogen) atoms. The molecule has 1 aromatic heterocycles. The van der Waals surface area contributed by atoms with E-state index in [9.17, 15) is 0 Å². The van der Waals surface area contributed by atoms with Gasteiger partial charge in [0, 0.05) is 18.3 Å². The van der Waals surface area contributed by atoms with Crippen molar-refractivity contribution < 1.29 is 4.74 Å². The highest BCUT2D eigenvalue weighted by atomic mass is 79.9. The lowest BCUT2D eigenvalue weighted by atomic mass is 10.3. The first kappa shape index (κ1) is 15.6. The fourth-order valence-electron chi connectivity index (χ4n) is 1.79. The van der Waals surface area contributed by atoms with Crippen LogP contribution in [0.15, 0.2) is 35.1 Å². The van der Waals surface area contributed by atoms with Crippen molar-refractivity contribution in [3.63, 3.8) is 0 Å². The minimum absolute atomic E-state index is 0.645. The molecule has 0 spiro atoms. The highest BCUT2D eigenvalue weighted by molar-refractivity contribution is 9.10. The Morgan fingerprint density at radius 2 is 2.00 bits per heavy atom. The van der Waals surface area contributed by atoms with Crippen LogP contribution in [0.25, 0.3) is 0 Å². The molecule has 2 rings (SSSR count). The molecule has 0 aliphatic rings. The Balaban J connectivity index is 2.17. The highest BCUT2D eigenvalue weighted by Gasteiger charge is 2.08. The first-order valence-electron chi connectivity index (χ1n) is 6.98. The summed E-state index contributed by atoms with van der Waals surface area (Å²) in [5.41, 5.74) is 0.918. The molecule has 0 fully saturated rings. The van der Waals surface area contributed by atoms with Crippen LogP contribution in [0, 0.1) is 0 Å². The van der Waals surface area contributed by atoms with Crippen LogP contribution in [-0.4, -0.2) is 23.1 Å². The summed E-state index contributed by atoms with van der Waals surface area (Å²) in [5, 5.41) is 6.53. The second kappa shape index (κ2) is 7.83. The molecule has 112 valence electrons. The molecule has 0 saturated heterocycles. The maximum Gasteiger partial charge on any atom is 0.150 e. The van der Waals surface area contributed by atoms with E-state index in [1.54, 1.807) is 0 Å². The number of nitrogens with one attached hydrogen (secondary N) is 2. The summed E-state index contributed by atoms with van der Waals surface area (Å²) in [4.78, 5) is 8.50. The lowest BCUT2D eigenvalue weighted by molar-refractivity contribution is 0.340. The molecule has 0 aliphatic heterocycles. The third-order valence-corrected chi connectivity index (χ3v) is 3.49. The van der Waals surface area contributed by atoms with Crippen molar-refractivity contribution in [2.45, 2.75) is 20.3 Å². The first-order valence-corrected chi connectivity index (χ1v) is 7.78. The largest absolute Gasteiger partial charge is 0.494 e. The van der Waals surface area contributed by atoms with Gasteiger partial charge in [0.05, 0.1) is 6.61 Å². The van der Waals surface area contributed by atoms with Gasteiger partial charge < -0.3 is 15.4 Å². The van der Waals surface area contributed by atoms with Crippen LogP contribution in [0.5, 0.6) is 5.75 Å². The predicted molar refractivity (Wildman–Crippen MR) is 89.4 cm³/mol. The standard InChI is InChI=1S/C15H19BrN4O/c1-3-8-17-14-13(16)15(19-10-18-14)20-11-6-5-7-12(9-11)21-4-2/h5-7,9-10H,3-4,8H2,1-2H3,(H2,17,18,19,20). The predicted octanol–water partition coefficient (Wildman–Crippen LogP) is 4.20. The molecule has 0 unspecified atom stereocenters. The number of benzene rings is 1. The van der Waals surface area contributed by atoms with Crippen molar-refractivity contribution >= 4 is 33.3 Å². The quantitative estimate of drug-likeness (QED) is 0.783. The number of nitrogens with zero attached hydrogens (tertiary/aromatic N) is 2. The average molecular weight is 351 g/mol. The maximum atomic E-state index is 5.49. The minimum Gasteiger partial charge on any atom is -0.494 e. The SMILES string of the molecule is CCCNc1ncnc(Nc2cccc(OCC)c2)c1Br. The zero-order valence-electron chi connectivity index (χ0n) is 12.2. The van der Waals surface area contributed by atoms with Gasteiger partial charge in [-0.1, -0.05) is 13.0 Å². The van der Waals surface area contributed by atoms with Crippen molar-refractivity contribution in [2.24, 2.45) is 0 Å². The number of rotatable bonds is 7. The fraction of sp³-hybridized carbons (Fsp3) is 0.333. The zero-order valence-corrected chi connectivity index (χ0v) is 13.8. The van der Waals surface area contributed by atoms with Crippen LogP contribution >= 0.6 is 15.9 Å². The molecule has 5 nitrogen and oxygen atoms in total. The van der Waals surface area contributed by atoms with Gasteiger partial charge in [0.2, 0.25) is 0 Å². The van der Waals surface area contributed by atoms with Gasteiger partial charge in [-0.15, -0.1) is 0 Å². The van der Waals surface area contributed by atoms with Gasteiger partial charge in [-0.05, 0) is 41.4 Å². The van der Waals surface area contributed by atoms with Crippen molar-refractivity contribution in [2.75, 3.05) is 23.8 Å². The fourth-order valence-corrected chi connectivity index (χ4v) is 2.23. The molecule has 0 saturated carbocycles. The van der Waals surface area contributed by atoms with Gasteiger partial charge in [0.1, 0.15) is 28.2 Å². The Morgan fingerprint density at radius 3 is 2.76 bits per heavy atom. The van der Waals surface area contributed by atoms with Gasteiger partial charge >= 0.3 is 0 Å². The molecule has 1 heterocycles. The van der Waals surface area contributed by atoms with Crippen molar-refractivity contribution in [1.82, 2.24) is 9.97 Å². The van der Waals surface area contributed by atoms with Gasteiger partial charge in [-0.2, -0.15) is 0 Å².